The molecule has 2 aliphatic rings. The van der Waals surface area contributed by atoms with Gasteiger partial charge in [0.15, 0.2) is 0 Å². The third-order valence-electron chi connectivity index (χ3n) is 8.33. The smallest absolute Gasteiger partial charge is 0.252 e. The number of nitrogens with zero attached hydrogens (tertiary/aromatic N) is 3. The lowest BCUT2D eigenvalue weighted by Crippen LogP contribution is -2.40. The largest absolute Gasteiger partial charge is 0.349 e. The molecule has 0 radical (unpaired) electrons. The van der Waals surface area contributed by atoms with E-state index < -0.39 is 0 Å². The standard InChI is InChI=1S/C32H36N4O/c1-23(24-11-4-2-5-12-24)33-32(37)30-27-16-8-9-17-29(27)34-31(25-13-6-3-7-14-25)28(30)22-35-19-20-36-18-10-15-26(36)21-35/h3,6-10,13-18,23-24H,2,4-5,11-12,19-22H2,1H3,(H,33,37)/t23-/m0/s1. The molecule has 1 amide bonds. The molecule has 1 atom stereocenters. The number of nitrogens with one attached hydrogen (secondary N) is 1. The second-order valence-corrected chi connectivity index (χ2v) is 10.8. The summed E-state index contributed by atoms with van der Waals surface area (Å²) in [6, 6.07) is 22.9. The molecule has 4 aromatic rings. The number of aromatic nitrogens is 2. The van der Waals surface area contributed by atoms with E-state index in [-0.39, 0.29) is 11.9 Å². The van der Waals surface area contributed by atoms with Gasteiger partial charge in [0, 0.05) is 60.6 Å². The SMILES string of the molecule is C[C@H](NC(=O)c1c(CN2CCn3cccc3C2)c(-c2ccccc2)nc2ccccc12)C1CCCCC1. The van der Waals surface area contributed by atoms with Crippen LogP contribution in [0.25, 0.3) is 22.2 Å². The summed E-state index contributed by atoms with van der Waals surface area (Å²) in [5, 5.41) is 4.37. The van der Waals surface area contributed by atoms with Crippen molar-refractivity contribution >= 4 is 16.8 Å². The Morgan fingerprint density at radius 1 is 0.973 bits per heavy atom. The number of carbonyl (C=O) groups is 1. The van der Waals surface area contributed by atoms with Crippen LogP contribution in [-0.4, -0.2) is 32.9 Å². The molecule has 2 aromatic heterocycles. The Kier molecular flexibility index (Phi) is 6.79. The van der Waals surface area contributed by atoms with Crippen LogP contribution >= 0.6 is 0 Å². The Morgan fingerprint density at radius 3 is 2.59 bits per heavy atom. The van der Waals surface area contributed by atoms with Crippen molar-refractivity contribution in [2.75, 3.05) is 6.54 Å². The molecule has 5 nitrogen and oxygen atoms in total. The fourth-order valence-corrected chi connectivity index (χ4v) is 6.26. The van der Waals surface area contributed by atoms with Gasteiger partial charge in [0.1, 0.15) is 0 Å². The number of carbonyl (C=O) groups excluding carboxylic acids is 1. The van der Waals surface area contributed by atoms with Crippen LogP contribution in [0.5, 0.6) is 0 Å². The average molecular weight is 493 g/mol. The number of para-hydroxylation sites is 1. The van der Waals surface area contributed by atoms with Crippen molar-refractivity contribution in [2.45, 2.75) is 64.7 Å². The molecule has 1 aliphatic heterocycles. The van der Waals surface area contributed by atoms with Crippen molar-refractivity contribution in [1.82, 2.24) is 19.8 Å². The Morgan fingerprint density at radius 2 is 1.76 bits per heavy atom. The summed E-state index contributed by atoms with van der Waals surface area (Å²) < 4.78 is 2.33. The zero-order chi connectivity index (χ0) is 25.2. The van der Waals surface area contributed by atoms with Crippen LogP contribution in [0.2, 0.25) is 0 Å². The van der Waals surface area contributed by atoms with Crippen molar-refractivity contribution < 1.29 is 4.79 Å². The van der Waals surface area contributed by atoms with Gasteiger partial charge in [-0.25, -0.2) is 4.98 Å². The Hall–Kier alpha value is -3.44. The van der Waals surface area contributed by atoms with E-state index in [1.54, 1.807) is 0 Å². The molecule has 1 aliphatic carbocycles. The first kappa shape index (κ1) is 23.9. The number of benzene rings is 2. The molecule has 0 unspecified atom stereocenters. The van der Waals surface area contributed by atoms with Gasteiger partial charge < -0.3 is 9.88 Å². The van der Waals surface area contributed by atoms with Crippen molar-refractivity contribution in [3.8, 4) is 11.3 Å². The molecule has 1 saturated carbocycles. The summed E-state index contributed by atoms with van der Waals surface area (Å²) in [4.78, 5) is 21.8. The highest BCUT2D eigenvalue weighted by Gasteiger charge is 2.27. The predicted molar refractivity (Wildman–Crippen MR) is 149 cm³/mol. The Bertz CT molecular complexity index is 1390. The van der Waals surface area contributed by atoms with Gasteiger partial charge in [-0.15, -0.1) is 0 Å². The zero-order valence-corrected chi connectivity index (χ0v) is 21.7. The number of hydrogen-bond acceptors (Lipinski definition) is 3. The van der Waals surface area contributed by atoms with E-state index in [2.05, 4.69) is 70.4 Å². The normalized spacial score (nSPS) is 17.4. The Balaban J connectivity index is 1.44. The molecule has 5 heteroatoms. The van der Waals surface area contributed by atoms with Crippen LogP contribution in [0.3, 0.4) is 0 Å². The summed E-state index contributed by atoms with van der Waals surface area (Å²) in [5.74, 6) is 0.585. The molecule has 37 heavy (non-hydrogen) atoms. The lowest BCUT2D eigenvalue weighted by atomic mass is 9.84. The highest BCUT2D eigenvalue weighted by molar-refractivity contribution is 6.09. The fraction of sp³-hybridized carbons (Fsp3) is 0.375. The van der Waals surface area contributed by atoms with Crippen LogP contribution in [0, 0.1) is 5.92 Å². The van der Waals surface area contributed by atoms with Crippen LogP contribution in [0.1, 0.15) is 60.6 Å². The third kappa shape index (κ3) is 4.93. The lowest BCUT2D eigenvalue weighted by molar-refractivity contribution is 0.0918. The van der Waals surface area contributed by atoms with Gasteiger partial charge in [0.2, 0.25) is 0 Å². The minimum Gasteiger partial charge on any atom is -0.349 e. The number of hydrogen-bond donors (Lipinski definition) is 1. The van der Waals surface area contributed by atoms with Gasteiger partial charge >= 0.3 is 0 Å². The third-order valence-corrected chi connectivity index (χ3v) is 8.33. The van der Waals surface area contributed by atoms with Gasteiger partial charge in [-0.1, -0.05) is 67.8 Å². The van der Waals surface area contributed by atoms with Crippen molar-refractivity contribution in [2.24, 2.45) is 5.92 Å². The van der Waals surface area contributed by atoms with Gasteiger partial charge in [-0.05, 0) is 43.9 Å². The summed E-state index contributed by atoms with van der Waals surface area (Å²) in [6.07, 6.45) is 8.41. The molecule has 0 bridgehead atoms. The maximum Gasteiger partial charge on any atom is 0.252 e. The van der Waals surface area contributed by atoms with Crippen LogP contribution in [0.15, 0.2) is 72.9 Å². The fourth-order valence-electron chi connectivity index (χ4n) is 6.26. The Labute approximate surface area is 219 Å². The van der Waals surface area contributed by atoms with E-state index >= 15 is 0 Å². The molecule has 1 fully saturated rings. The quantitative estimate of drug-likeness (QED) is 0.338. The first-order valence-electron chi connectivity index (χ1n) is 13.8. The second kappa shape index (κ2) is 10.5. The van der Waals surface area contributed by atoms with E-state index in [4.69, 9.17) is 4.98 Å². The predicted octanol–water partition coefficient (Wildman–Crippen LogP) is 6.42. The molecule has 190 valence electrons. The zero-order valence-electron chi connectivity index (χ0n) is 21.7. The van der Waals surface area contributed by atoms with E-state index in [1.807, 2.05) is 24.3 Å². The summed E-state index contributed by atoms with van der Waals surface area (Å²) in [6.45, 7) is 5.65. The topological polar surface area (TPSA) is 50.2 Å². The van der Waals surface area contributed by atoms with Crippen LogP contribution in [-0.2, 0) is 19.6 Å². The van der Waals surface area contributed by atoms with E-state index in [0.717, 1.165) is 52.9 Å². The molecule has 0 spiro atoms. The van der Waals surface area contributed by atoms with Gasteiger partial charge in [0.25, 0.3) is 5.91 Å². The first-order chi connectivity index (χ1) is 18.2. The molecule has 6 rings (SSSR count). The minimum absolute atomic E-state index is 0.0317. The van der Waals surface area contributed by atoms with Crippen LogP contribution in [0.4, 0.5) is 0 Å². The summed E-state index contributed by atoms with van der Waals surface area (Å²) in [7, 11) is 0. The summed E-state index contributed by atoms with van der Waals surface area (Å²) in [5.41, 5.74) is 5.96. The van der Waals surface area contributed by atoms with Crippen molar-refractivity contribution in [3.05, 3.63) is 89.7 Å². The van der Waals surface area contributed by atoms with Gasteiger partial charge in [0.05, 0.1) is 16.8 Å². The monoisotopic (exact) mass is 492 g/mol. The number of fused-ring (bicyclic) bond motifs is 2. The first-order valence-corrected chi connectivity index (χ1v) is 13.8. The number of rotatable bonds is 6. The van der Waals surface area contributed by atoms with Crippen molar-refractivity contribution in [3.63, 3.8) is 0 Å². The second-order valence-electron chi connectivity index (χ2n) is 10.8. The van der Waals surface area contributed by atoms with E-state index in [1.165, 1.54) is 37.8 Å². The van der Waals surface area contributed by atoms with Crippen molar-refractivity contribution in [1.29, 1.82) is 0 Å². The molecule has 2 aromatic carbocycles. The molecule has 0 saturated heterocycles. The van der Waals surface area contributed by atoms with Gasteiger partial charge in [-0.2, -0.15) is 0 Å². The summed E-state index contributed by atoms with van der Waals surface area (Å²) >= 11 is 0. The minimum atomic E-state index is 0.0317. The average Bonchev–Trinajstić information content (AvgIpc) is 3.41. The highest BCUT2D eigenvalue weighted by atomic mass is 16.1. The number of amides is 1. The molecular formula is C32H36N4O. The lowest BCUT2D eigenvalue weighted by Gasteiger charge is -2.31. The van der Waals surface area contributed by atoms with Gasteiger partial charge in [-0.3, -0.25) is 9.69 Å². The highest BCUT2D eigenvalue weighted by Crippen LogP contribution is 2.33. The van der Waals surface area contributed by atoms with E-state index in [0.29, 0.717) is 12.5 Å². The maximum atomic E-state index is 14.2. The molecule has 1 N–H and O–H groups in total. The van der Waals surface area contributed by atoms with Crippen LogP contribution < -0.4 is 5.32 Å². The molecule has 3 heterocycles. The maximum absolute atomic E-state index is 14.2. The number of pyridine rings is 1. The van der Waals surface area contributed by atoms with E-state index in [9.17, 15) is 4.79 Å². The molecular weight excluding hydrogens is 456 g/mol.